The maximum absolute atomic E-state index is 5.69. The first kappa shape index (κ1) is 16.4. The molecule has 0 heterocycles. The molecule has 2 nitrogen and oxygen atoms in total. The van der Waals surface area contributed by atoms with Crippen LogP contribution in [0, 0.1) is 11.8 Å². The van der Waals surface area contributed by atoms with Gasteiger partial charge < -0.3 is 10.1 Å². The SMILES string of the molecule is CCCCOc1ccc(CNCC2CCC(C)CC2)cc1. The van der Waals surface area contributed by atoms with Crippen molar-refractivity contribution in [3.8, 4) is 5.75 Å². The molecule has 2 rings (SSSR count). The Kier molecular flexibility index (Phi) is 7.08. The van der Waals surface area contributed by atoms with Crippen molar-refractivity contribution in [2.24, 2.45) is 11.8 Å². The normalized spacial score (nSPS) is 22.2. The molecule has 0 unspecified atom stereocenters. The lowest BCUT2D eigenvalue weighted by Gasteiger charge is -2.26. The van der Waals surface area contributed by atoms with Crippen LogP contribution in [0.15, 0.2) is 24.3 Å². The monoisotopic (exact) mass is 289 g/mol. The van der Waals surface area contributed by atoms with Crippen LogP contribution >= 0.6 is 0 Å². The highest BCUT2D eigenvalue weighted by Crippen LogP contribution is 2.27. The third-order valence-corrected chi connectivity index (χ3v) is 4.59. The summed E-state index contributed by atoms with van der Waals surface area (Å²) in [6.07, 6.45) is 7.94. The quantitative estimate of drug-likeness (QED) is 0.695. The van der Waals surface area contributed by atoms with Gasteiger partial charge in [0.2, 0.25) is 0 Å². The van der Waals surface area contributed by atoms with Gasteiger partial charge in [0.1, 0.15) is 5.75 Å². The van der Waals surface area contributed by atoms with Crippen molar-refractivity contribution in [1.82, 2.24) is 5.32 Å². The second-order valence-corrected chi connectivity index (χ2v) is 6.60. The van der Waals surface area contributed by atoms with E-state index < -0.39 is 0 Å². The van der Waals surface area contributed by atoms with Crippen molar-refractivity contribution in [2.45, 2.75) is 58.9 Å². The van der Waals surface area contributed by atoms with Gasteiger partial charge >= 0.3 is 0 Å². The molecule has 2 heteroatoms. The molecule has 1 aromatic carbocycles. The minimum Gasteiger partial charge on any atom is -0.494 e. The minimum absolute atomic E-state index is 0.828. The van der Waals surface area contributed by atoms with E-state index in [1.54, 1.807) is 0 Å². The molecule has 1 fully saturated rings. The number of benzene rings is 1. The van der Waals surface area contributed by atoms with Crippen molar-refractivity contribution in [3.05, 3.63) is 29.8 Å². The molecule has 0 amide bonds. The van der Waals surface area contributed by atoms with E-state index in [4.69, 9.17) is 4.74 Å². The summed E-state index contributed by atoms with van der Waals surface area (Å²) in [5, 5.41) is 3.62. The van der Waals surface area contributed by atoms with Gasteiger partial charge in [-0.05, 0) is 55.3 Å². The van der Waals surface area contributed by atoms with E-state index in [0.29, 0.717) is 0 Å². The number of hydrogen-bond acceptors (Lipinski definition) is 2. The number of rotatable bonds is 8. The molecule has 1 aromatic rings. The Bertz CT molecular complexity index is 379. The first-order valence-electron chi connectivity index (χ1n) is 8.70. The average Bonchev–Trinajstić information content (AvgIpc) is 2.51. The Balaban J connectivity index is 1.64. The average molecular weight is 289 g/mol. The highest BCUT2D eigenvalue weighted by molar-refractivity contribution is 5.27. The van der Waals surface area contributed by atoms with Crippen molar-refractivity contribution in [1.29, 1.82) is 0 Å². The topological polar surface area (TPSA) is 21.3 Å². The molecule has 0 aliphatic heterocycles. The Morgan fingerprint density at radius 1 is 1.10 bits per heavy atom. The minimum atomic E-state index is 0.828. The smallest absolute Gasteiger partial charge is 0.119 e. The summed E-state index contributed by atoms with van der Waals surface area (Å²) in [5.41, 5.74) is 1.35. The first-order chi connectivity index (χ1) is 10.3. The van der Waals surface area contributed by atoms with Gasteiger partial charge in [0.25, 0.3) is 0 Å². The van der Waals surface area contributed by atoms with E-state index in [-0.39, 0.29) is 0 Å². The molecule has 1 N–H and O–H groups in total. The van der Waals surface area contributed by atoms with Gasteiger partial charge in [0.05, 0.1) is 6.61 Å². The molecule has 118 valence electrons. The first-order valence-corrected chi connectivity index (χ1v) is 8.70. The third kappa shape index (κ3) is 6.09. The number of hydrogen-bond donors (Lipinski definition) is 1. The summed E-state index contributed by atoms with van der Waals surface area (Å²) in [5.74, 6) is 2.83. The largest absolute Gasteiger partial charge is 0.494 e. The zero-order valence-electron chi connectivity index (χ0n) is 13.7. The molecule has 0 saturated heterocycles. The molecule has 1 saturated carbocycles. The highest BCUT2D eigenvalue weighted by Gasteiger charge is 2.17. The van der Waals surface area contributed by atoms with Crippen molar-refractivity contribution in [3.63, 3.8) is 0 Å². The van der Waals surface area contributed by atoms with Crippen LogP contribution in [-0.2, 0) is 6.54 Å². The van der Waals surface area contributed by atoms with Gasteiger partial charge in [-0.3, -0.25) is 0 Å². The maximum Gasteiger partial charge on any atom is 0.119 e. The van der Waals surface area contributed by atoms with Crippen LogP contribution in [0.5, 0.6) is 5.75 Å². The second kappa shape index (κ2) is 9.09. The molecular weight excluding hydrogens is 258 g/mol. The summed E-state index contributed by atoms with van der Waals surface area (Å²) in [6.45, 7) is 7.54. The van der Waals surface area contributed by atoms with Crippen molar-refractivity contribution in [2.75, 3.05) is 13.2 Å². The van der Waals surface area contributed by atoms with Crippen LogP contribution in [0.25, 0.3) is 0 Å². The Morgan fingerprint density at radius 3 is 2.48 bits per heavy atom. The summed E-state index contributed by atoms with van der Waals surface area (Å²) in [7, 11) is 0. The molecule has 0 bridgehead atoms. The second-order valence-electron chi connectivity index (χ2n) is 6.60. The van der Waals surface area contributed by atoms with E-state index >= 15 is 0 Å². The zero-order valence-corrected chi connectivity index (χ0v) is 13.7. The van der Waals surface area contributed by atoms with Crippen molar-refractivity contribution < 1.29 is 4.74 Å². The van der Waals surface area contributed by atoms with Crippen LogP contribution < -0.4 is 10.1 Å². The van der Waals surface area contributed by atoms with Gasteiger partial charge in [-0.2, -0.15) is 0 Å². The van der Waals surface area contributed by atoms with E-state index in [1.165, 1.54) is 44.2 Å². The highest BCUT2D eigenvalue weighted by atomic mass is 16.5. The zero-order chi connectivity index (χ0) is 14.9. The predicted octanol–water partition coefficient (Wildman–Crippen LogP) is 4.78. The molecular formula is C19H31NO. The van der Waals surface area contributed by atoms with Gasteiger partial charge in [-0.1, -0.05) is 45.2 Å². The molecule has 0 aromatic heterocycles. The molecule has 1 aliphatic rings. The summed E-state index contributed by atoms with van der Waals surface area (Å²) in [6, 6.07) is 8.54. The van der Waals surface area contributed by atoms with E-state index in [2.05, 4.69) is 43.4 Å². The summed E-state index contributed by atoms with van der Waals surface area (Å²) in [4.78, 5) is 0. The van der Waals surface area contributed by atoms with E-state index in [9.17, 15) is 0 Å². The van der Waals surface area contributed by atoms with Gasteiger partial charge in [-0.15, -0.1) is 0 Å². The summed E-state index contributed by atoms with van der Waals surface area (Å²) < 4.78 is 5.69. The van der Waals surface area contributed by atoms with E-state index in [0.717, 1.165) is 37.2 Å². The van der Waals surface area contributed by atoms with Crippen LogP contribution in [0.2, 0.25) is 0 Å². The molecule has 0 radical (unpaired) electrons. The van der Waals surface area contributed by atoms with Gasteiger partial charge in [-0.25, -0.2) is 0 Å². The van der Waals surface area contributed by atoms with E-state index in [1.807, 2.05) is 0 Å². The Hall–Kier alpha value is -1.02. The summed E-state index contributed by atoms with van der Waals surface area (Å²) >= 11 is 0. The molecule has 0 atom stereocenters. The van der Waals surface area contributed by atoms with Gasteiger partial charge in [0, 0.05) is 6.54 Å². The number of unbranched alkanes of at least 4 members (excludes halogenated alkanes) is 1. The Labute approximate surface area is 130 Å². The maximum atomic E-state index is 5.69. The van der Waals surface area contributed by atoms with Gasteiger partial charge in [0.15, 0.2) is 0 Å². The predicted molar refractivity (Wildman–Crippen MR) is 89.7 cm³/mol. The number of nitrogens with one attached hydrogen (secondary N) is 1. The fraction of sp³-hybridized carbons (Fsp3) is 0.684. The Morgan fingerprint density at radius 2 is 1.81 bits per heavy atom. The lowest BCUT2D eigenvalue weighted by molar-refractivity contribution is 0.281. The standard InChI is InChI=1S/C19H31NO/c1-3-4-13-21-19-11-9-18(10-12-19)15-20-14-17-7-5-16(2)6-8-17/h9-12,16-17,20H,3-8,13-15H2,1-2H3. The molecule has 1 aliphatic carbocycles. The molecule has 21 heavy (non-hydrogen) atoms. The lowest BCUT2D eigenvalue weighted by atomic mass is 9.83. The third-order valence-electron chi connectivity index (χ3n) is 4.59. The lowest BCUT2D eigenvalue weighted by Crippen LogP contribution is -2.25. The fourth-order valence-corrected chi connectivity index (χ4v) is 2.99. The van der Waals surface area contributed by atoms with Crippen LogP contribution in [0.4, 0.5) is 0 Å². The fourth-order valence-electron chi connectivity index (χ4n) is 2.99. The van der Waals surface area contributed by atoms with Crippen LogP contribution in [-0.4, -0.2) is 13.2 Å². The molecule has 0 spiro atoms. The number of ether oxygens (including phenoxy) is 1. The van der Waals surface area contributed by atoms with Crippen molar-refractivity contribution >= 4 is 0 Å². The van der Waals surface area contributed by atoms with Crippen LogP contribution in [0.1, 0.15) is 57.9 Å². The van der Waals surface area contributed by atoms with Crippen LogP contribution in [0.3, 0.4) is 0 Å².